The molecule has 0 amide bonds. The van der Waals surface area contributed by atoms with Crippen LogP contribution < -0.4 is 4.74 Å². The van der Waals surface area contributed by atoms with E-state index in [0.29, 0.717) is 12.0 Å². The van der Waals surface area contributed by atoms with Crippen LogP contribution in [0.15, 0.2) is 6.07 Å². The first-order valence-corrected chi connectivity index (χ1v) is 5.93. The lowest BCUT2D eigenvalue weighted by atomic mass is 10.0. The maximum absolute atomic E-state index is 11.1. The Bertz CT molecular complexity index is 513. The molecule has 0 aromatic heterocycles. The Balaban J connectivity index is 3.53. The van der Waals surface area contributed by atoms with Crippen molar-refractivity contribution in [3.8, 4) is 5.75 Å². The second kappa shape index (κ2) is 6.12. The van der Waals surface area contributed by atoms with Crippen LogP contribution in [0.5, 0.6) is 5.75 Å². The largest absolute Gasteiger partial charge is 0.490 e. The highest BCUT2D eigenvalue weighted by molar-refractivity contribution is 5.65. The summed E-state index contributed by atoms with van der Waals surface area (Å²) in [6.07, 6.45) is 2.19. The normalized spacial score (nSPS) is 10.3. The van der Waals surface area contributed by atoms with Gasteiger partial charge in [-0.05, 0) is 19.8 Å². The van der Waals surface area contributed by atoms with Gasteiger partial charge in [0.1, 0.15) is 5.56 Å². The molecule has 0 saturated carbocycles. The van der Waals surface area contributed by atoms with Crippen LogP contribution in [0.4, 0.5) is 11.4 Å². The van der Waals surface area contributed by atoms with Crippen molar-refractivity contribution in [3.63, 3.8) is 0 Å². The zero-order valence-electron chi connectivity index (χ0n) is 11.1. The highest BCUT2D eigenvalue weighted by Gasteiger charge is 2.29. The third-order valence-corrected chi connectivity index (χ3v) is 2.94. The van der Waals surface area contributed by atoms with Crippen LogP contribution in [-0.4, -0.2) is 17.0 Å². The standard InChI is InChI=1S/C12H16N2O5/c1-4-5-6-9-7-10(13(15)16)8(2)11(14(17)18)12(9)19-3/h7H,4-6H2,1-3H3. The Kier molecular flexibility index (Phi) is 4.80. The summed E-state index contributed by atoms with van der Waals surface area (Å²) in [6.45, 7) is 3.34. The molecule has 104 valence electrons. The number of hydrogen-bond acceptors (Lipinski definition) is 5. The molecule has 0 atom stereocenters. The van der Waals surface area contributed by atoms with E-state index in [2.05, 4.69) is 0 Å². The van der Waals surface area contributed by atoms with Crippen LogP contribution in [0.1, 0.15) is 30.9 Å². The minimum atomic E-state index is -0.628. The molecule has 0 N–H and O–H groups in total. The van der Waals surface area contributed by atoms with Gasteiger partial charge in [-0.2, -0.15) is 0 Å². The second-order valence-electron chi connectivity index (χ2n) is 4.18. The van der Waals surface area contributed by atoms with Gasteiger partial charge in [-0.3, -0.25) is 20.2 Å². The number of aryl methyl sites for hydroxylation is 1. The third-order valence-electron chi connectivity index (χ3n) is 2.94. The molecule has 1 aromatic rings. The smallest absolute Gasteiger partial charge is 0.320 e. The Labute approximate surface area is 110 Å². The van der Waals surface area contributed by atoms with E-state index in [0.717, 1.165) is 12.8 Å². The summed E-state index contributed by atoms with van der Waals surface area (Å²) in [5.74, 6) is 0.126. The van der Waals surface area contributed by atoms with Crippen molar-refractivity contribution in [2.45, 2.75) is 33.1 Å². The van der Waals surface area contributed by atoms with E-state index in [-0.39, 0.29) is 22.7 Å². The number of nitro groups is 2. The van der Waals surface area contributed by atoms with E-state index in [1.165, 1.54) is 20.1 Å². The minimum absolute atomic E-state index is 0.0205. The fourth-order valence-corrected chi connectivity index (χ4v) is 1.97. The van der Waals surface area contributed by atoms with Crippen LogP contribution >= 0.6 is 0 Å². The molecule has 0 spiro atoms. The lowest BCUT2D eigenvalue weighted by Crippen LogP contribution is -2.04. The van der Waals surface area contributed by atoms with Gasteiger partial charge in [0.15, 0.2) is 0 Å². The maximum atomic E-state index is 11.1. The average molecular weight is 268 g/mol. The van der Waals surface area contributed by atoms with Crippen molar-refractivity contribution in [1.82, 2.24) is 0 Å². The Morgan fingerprint density at radius 1 is 1.26 bits per heavy atom. The zero-order valence-corrected chi connectivity index (χ0v) is 11.1. The van der Waals surface area contributed by atoms with E-state index in [4.69, 9.17) is 4.74 Å². The third kappa shape index (κ3) is 2.98. The fraction of sp³-hybridized carbons (Fsp3) is 0.500. The summed E-state index contributed by atoms with van der Waals surface area (Å²) in [6, 6.07) is 1.37. The molecule has 19 heavy (non-hydrogen) atoms. The molecule has 7 heteroatoms. The topological polar surface area (TPSA) is 95.5 Å². The number of unbranched alkanes of at least 4 members (excludes halogenated alkanes) is 1. The summed E-state index contributed by atoms with van der Waals surface area (Å²) in [4.78, 5) is 20.8. The highest BCUT2D eigenvalue weighted by atomic mass is 16.6. The number of ether oxygens (including phenoxy) is 1. The van der Waals surface area contributed by atoms with E-state index in [1.807, 2.05) is 6.92 Å². The van der Waals surface area contributed by atoms with Crippen LogP contribution in [0, 0.1) is 27.2 Å². The van der Waals surface area contributed by atoms with Gasteiger partial charge in [-0.15, -0.1) is 0 Å². The Morgan fingerprint density at radius 2 is 1.89 bits per heavy atom. The van der Waals surface area contributed by atoms with Crippen molar-refractivity contribution in [3.05, 3.63) is 37.4 Å². The van der Waals surface area contributed by atoms with Crippen LogP contribution in [0.3, 0.4) is 0 Å². The maximum Gasteiger partial charge on any atom is 0.320 e. The lowest BCUT2D eigenvalue weighted by Gasteiger charge is -2.10. The van der Waals surface area contributed by atoms with Gasteiger partial charge in [0.2, 0.25) is 5.75 Å². The fourth-order valence-electron chi connectivity index (χ4n) is 1.97. The van der Waals surface area contributed by atoms with Gasteiger partial charge >= 0.3 is 5.69 Å². The monoisotopic (exact) mass is 268 g/mol. The van der Waals surface area contributed by atoms with Crippen LogP contribution in [-0.2, 0) is 6.42 Å². The molecule has 0 aliphatic heterocycles. The van der Waals surface area contributed by atoms with E-state index in [1.54, 1.807) is 0 Å². The molecule has 7 nitrogen and oxygen atoms in total. The Hall–Kier alpha value is -2.18. The van der Waals surface area contributed by atoms with E-state index in [9.17, 15) is 20.2 Å². The Morgan fingerprint density at radius 3 is 2.32 bits per heavy atom. The number of benzene rings is 1. The number of nitro benzene ring substituents is 2. The van der Waals surface area contributed by atoms with Crippen molar-refractivity contribution >= 4 is 11.4 Å². The van der Waals surface area contributed by atoms with Crippen molar-refractivity contribution in [1.29, 1.82) is 0 Å². The van der Waals surface area contributed by atoms with Gasteiger partial charge in [0, 0.05) is 11.6 Å². The van der Waals surface area contributed by atoms with Crippen LogP contribution in [0.2, 0.25) is 0 Å². The lowest BCUT2D eigenvalue weighted by molar-refractivity contribution is -0.395. The van der Waals surface area contributed by atoms with Crippen molar-refractivity contribution in [2.24, 2.45) is 0 Å². The summed E-state index contributed by atoms with van der Waals surface area (Å²) in [5, 5.41) is 22.1. The molecule has 0 aliphatic carbocycles. The minimum Gasteiger partial charge on any atom is -0.490 e. The number of hydrogen-bond donors (Lipinski definition) is 0. The van der Waals surface area contributed by atoms with Crippen molar-refractivity contribution in [2.75, 3.05) is 7.11 Å². The van der Waals surface area contributed by atoms with Gasteiger partial charge < -0.3 is 4.74 Å². The molecule has 0 radical (unpaired) electrons. The van der Waals surface area contributed by atoms with Crippen molar-refractivity contribution < 1.29 is 14.6 Å². The van der Waals surface area contributed by atoms with Gasteiger partial charge in [0.25, 0.3) is 5.69 Å². The SMILES string of the molecule is CCCCc1cc([N+](=O)[O-])c(C)c([N+](=O)[O-])c1OC. The van der Waals surface area contributed by atoms with E-state index < -0.39 is 9.85 Å². The van der Waals surface area contributed by atoms with Gasteiger partial charge in [0.05, 0.1) is 17.0 Å². The molecule has 1 aromatic carbocycles. The summed E-state index contributed by atoms with van der Waals surface area (Å²) < 4.78 is 5.09. The van der Waals surface area contributed by atoms with Gasteiger partial charge in [-0.1, -0.05) is 13.3 Å². The number of methoxy groups -OCH3 is 1. The molecule has 1 rings (SSSR count). The predicted octanol–water partition coefficient (Wildman–Crippen LogP) is 3.16. The molecular formula is C12H16N2O5. The molecule has 0 unspecified atom stereocenters. The van der Waals surface area contributed by atoms with E-state index >= 15 is 0 Å². The first-order chi connectivity index (χ1) is 8.93. The molecule has 0 saturated heterocycles. The summed E-state index contributed by atoms with van der Waals surface area (Å²) >= 11 is 0. The second-order valence-corrected chi connectivity index (χ2v) is 4.18. The molecule has 0 heterocycles. The molecule has 0 bridgehead atoms. The van der Waals surface area contributed by atoms with Crippen LogP contribution in [0.25, 0.3) is 0 Å². The predicted molar refractivity (Wildman–Crippen MR) is 69.7 cm³/mol. The van der Waals surface area contributed by atoms with Gasteiger partial charge in [-0.25, -0.2) is 0 Å². The summed E-state index contributed by atoms with van der Waals surface area (Å²) in [5.41, 5.74) is -0.0261. The molecule has 0 aliphatic rings. The summed E-state index contributed by atoms with van der Waals surface area (Å²) in [7, 11) is 1.34. The average Bonchev–Trinajstić information content (AvgIpc) is 2.35. The number of nitrogens with zero attached hydrogens (tertiary/aromatic N) is 2. The first kappa shape index (κ1) is 14.9. The molecular weight excluding hydrogens is 252 g/mol. The number of rotatable bonds is 6. The molecule has 0 fully saturated rings. The first-order valence-electron chi connectivity index (χ1n) is 5.93. The zero-order chi connectivity index (χ0) is 14.6. The highest BCUT2D eigenvalue weighted by Crippen LogP contribution is 2.40. The quantitative estimate of drug-likeness (QED) is 0.583.